The van der Waals surface area contributed by atoms with E-state index in [2.05, 4.69) is 15.9 Å². The van der Waals surface area contributed by atoms with Crippen LogP contribution in [0.1, 0.15) is 29.9 Å². The third-order valence-electron chi connectivity index (χ3n) is 10.9. The van der Waals surface area contributed by atoms with Crippen LogP contribution in [0, 0.1) is 23.7 Å². The molecule has 8 rings (SSSR count). The Bertz CT molecular complexity index is 2140. The van der Waals surface area contributed by atoms with Crippen molar-refractivity contribution in [2.75, 3.05) is 16.9 Å². The van der Waals surface area contributed by atoms with E-state index in [0.717, 1.165) is 10.0 Å². The fourth-order valence-electron chi connectivity index (χ4n) is 8.88. The summed E-state index contributed by atoms with van der Waals surface area (Å²) >= 11 is 16.4. The third-order valence-corrected chi connectivity index (χ3v) is 11.9. The number of benzene rings is 4. The van der Waals surface area contributed by atoms with Gasteiger partial charge in [0.1, 0.15) is 0 Å². The van der Waals surface area contributed by atoms with Gasteiger partial charge in [0.05, 0.1) is 46.7 Å². The molecule has 50 heavy (non-hydrogen) atoms. The maximum absolute atomic E-state index is 15.3. The predicted molar refractivity (Wildman–Crippen MR) is 192 cm³/mol. The van der Waals surface area contributed by atoms with Crippen molar-refractivity contribution in [2.45, 2.75) is 24.2 Å². The molecule has 0 spiro atoms. The quantitative estimate of drug-likeness (QED) is 0.164. The van der Waals surface area contributed by atoms with Gasteiger partial charge in [0.15, 0.2) is 11.5 Å². The first kappa shape index (κ1) is 32.7. The van der Waals surface area contributed by atoms with E-state index in [0.29, 0.717) is 27.5 Å². The van der Waals surface area contributed by atoms with Gasteiger partial charge in [-0.2, -0.15) is 0 Å². The lowest BCUT2D eigenvalue weighted by molar-refractivity contribution is -0.127. The SMILES string of the molecule is COc1cc([C@H]2C3=CC[C@@H]4C(=O)N(c5ccc(Br)cc5)C(=O)[C@@H]4[C@@H]3C[C@H]3C(=O)N(c4cccc(Cl)c4)C(=O)[C@@]23c2ccccc2)cc(Cl)c1O. The van der Waals surface area contributed by atoms with Crippen LogP contribution in [-0.4, -0.2) is 35.8 Å². The van der Waals surface area contributed by atoms with Crippen LogP contribution in [-0.2, 0) is 24.6 Å². The Morgan fingerprint density at radius 2 is 1.56 bits per heavy atom. The number of nitrogens with zero attached hydrogens (tertiary/aromatic N) is 2. The Kier molecular flexibility index (Phi) is 7.93. The van der Waals surface area contributed by atoms with Crippen LogP contribution in [0.4, 0.5) is 11.4 Å². The summed E-state index contributed by atoms with van der Waals surface area (Å²) < 4.78 is 6.34. The molecule has 2 heterocycles. The molecular formula is C39H29BrCl2N2O6. The van der Waals surface area contributed by atoms with Gasteiger partial charge in [0.25, 0.3) is 0 Å². The maximum Gasteiger partial charge on any atom is 0.246 e. The van der Waals surface area contributed by atoms with Crippen LogP contribution in [0.5, 0.6) is 11.5 Å². The molecule has 2 saturated heterocycles. The molecule has 8 nitrogen and oxygen atoms in total. The van der Waals surface area contributed by atoms with E-state index in [9.17, 15) is 19.5 Å². The number of phenols is 1. The van der Waals surface area contributed by atoms with E-state index in [4.69, 9.17) is 27.9 Å². The summed E-state index contributed by atoms with van der Waals surface area (Å²) in [4.78, 5) is 61.1. The zero-order valence-electron chi connectivity index (χ0n) is 26.6. The standard InChI is InChI=1S/C39H29BrCl2N2O6/c1-50-31-17-20(16-30(42)34(31)45)33-26-14-15-27-32(37(48)43(35(27)46)24-12-10-22(40)11-13-24)28(26)19-29-36(47)44(25-9-5-8-23(41)18-25)38(49)39(29,33)21-6-3-2-4-7-21/h2-14,16-18,27-29,32-33,45H,15,19H2,1H3/t27-,28+,29-,32-,33-,39+/m0/s1. The minimum Gasteiger partial charge on any atom is -0.503 e. The summed E-state index contributed by atoms with van der Waals surface area (Å²) in [5.41, 5.74) is 1.23. The number of rotatable bonds is 5. The fourth-order valence-corrected chi connectivity index (χ4v) is 9.55. The molecule has 0 radical (unpaired) electrons. The fraction of sp³-hybridized carbons (Fsp3) is 0.231. The molecule has 2 aliphatic carbocycles. The lowest BCUT2D eigenvalue weighted by atomic mass is 9.49. The number of anilines is 2. The molecule has 252 valence electrons. The molecule has 0 unspecified atom stereocenters. The van der Waals surface area contributed by atoms with Gasteiger partial charge in [0.2, 0.25) is 23.6 Å². The van der Waals surface area contributed by atoms with Gasteiger partial charge < -0.3 is 9.84 Å². The van der Waals surface area contributed by atoms with Crippen LogP contribution in [0.2, 0.25) is 10.0 Å². The lowest BCUT2D eigenvalue weighted by Gasteiger charge is -2.50. The van der Waals surface area contributed by atoms with Gasteiger partial charge in [-0.3, -0.25) is 24.1 Å². The number of ether oxygens (including phenoxy) is 1. The molecule has 2 aliphatic heterocycles. The van der Waals surface area contributed by atoms with E-state index in [-0.39, 0.29) is 41.2 Å². The molecule has 3 fully saturated rings. The highest BCUT2D eigenvalue weighted by atomic mass is 79.9. The number of allylic oxidation sites excluding steroid dienone is 2. The first-order valence-electron chi connectivity index (χ1n) is 16.2. The van der Waals surface area contributed by atoms with Gasteiger partial charge in [0, 0.05) is 15.4 Å². The number of aromatic hydroxyl groups is 1. The number of carbonyl (C=O) groups excluding carboxylic acids is 4. The number of hydrogen-bond donors (Lipinski definition) is 1. The molecule has 4 aliphatic rings. The van der Waals surface area contributed by atoms with E-state index >= 15 is 4.79 Å². The number of fused-ring (bicyclic) bond motifs is 4. The second-order valence-electron chi connectivity index (χ2n) is 13.1. The van der Waals surface area contributed by atoms with Crippen LogP contribution in [0.3, 0.4) is 0 Å². The van der Waals surface area contributed by atoms with Gasteiger partial charge in [-0.25, -0.2) is 4.90 Å². The number of hydrogen-bond acceptors (Lipinski definition) is 6. The number of imide groups is 2. The molecule has 0 bridgehead atoms. The normalized spacial score (nSPS) is 27.2. The summed E-state index contributed by atoms with van der Waals surface area (Å²) in [6, 6.07) is 26.0. The highest BCUT2D eigenvalue weighted by molar-refractivity contribution is 9.10. The smallest absolute Gasteiger partial charge is 0.246 e. The van der Waals surface area contributed by atoms with Crippen molar-refractivity contribution in [3.63, 3.8) is 0 Å². The molecule has 4 aromatic rings. The Hall–Kier alpha value is -4.44. The van der Waals surface area contributed by atoms with Crippen LogP contribution < -0.4 is 14.5 Å². The summed E-state index contributed by atoms with van der Waals surface area (Å²) in [6.45, 7) is 0. The minimum absolute atomic E-state index is 0.00697. The monoisotopic (exact) mass is 770 g/mol. The number of methoxy groups -OCH3 is 1. The highest BCUT2D eigenvalue weighted by Crippen LogP contribution is 2.65. The average Bonchev–Trinajstić information content (AvgIpc) is 3.50. The van der Waals surface area contributed by atoms with E-state index in [1.54, 1.807) is 60.7 Å². The zero-order valence-corrected chi connectivity index (χ0v) is 29.7. The highest BCUT2D eigenvalue weighted by Gasteiger charge is 2.70. The average molecular weight is 772 g/mol. The second-order valence-corrected chi connectivity index (χ2v) is 14.9. The molecule has 4 amide bonds. The third kappa shape index (κ3) is 4.63. The molecule has 4 aromatic carbocycles. The first-order chi connectivity index (χ1) is 24.1. The molecular weight excluding hydrogens is 743 g/mol. The van der Waals surface area contributed by atoms with Crippen molar-refractivity contribution in [2.24, 2.45) is 23.7 Å². The van der Waals surface area contributed by atoms with Gasteiger partial charge in [-0.15, -0.1) is 0 Å². The van der Waals surface area contributed by atoms with E-state index in [1.165, 1.54) is 16.9 Å². The van der Waals surface area contributed by atoms with Crippen molar-refractivity contribution in [1.29, 1.82) is 0 Å². The number of phenolic OH excluding ortho intramolecular Hbond substituents is 1. The topological polar surface area (TPSA) is 104 Å². The predicted octanol–water partition coefficient (Wildman–Crippen LogP) is 7.84. The molecule has 1 saturated carbocycles. The second kappa shape index (κ2) is 12.1. The van der Waals surface area contributed by atoms with Crippen molar-refractivity contribution in [3.05, 3.63) is 128 Å². The van der Waals surface area contributed by atoms with Gasteiger partial charge >= 0.3 is 0 Å². The number of halogens is 3. The lowest BCUT2D eigenvalue weighted by Crippen LogP contribution is -2.53. The van der Waals surface area contributed by atoms with E-state index in [1.807, 2.05) is 36.4 Å². The van der Waals surface area contributed by atoms with Crippen molar-refractivity contribution in [3.8, 4) is 11.5 Å². The Morgan fingerprint density at radius 3 is 2.26 bits per heavy atom. The Balaban J connectivity index is 1.37. The summed E-state index contributed by atoms with van der Waals surface area (Å²) in [5.74, 6) is -5.40. The van der Waals surface area contributed by atoms with Crippen molar-refractivity contribution >= 4 is 74.1 Å². The molecule has 0 aromatic heterocycles. The van der Waals surface area contributed by atoms with E-state index < -0.39 is 46.8 Å². The Labute approximate surface area is 306 Å². The largest absolute Gasteiger partial charge is 0.503 e. The summed E-state index contributed by atoms with van der Waals surface area (Å²) in [6.07, 6.45) is 2.39. The maximum atomic E-state index is 15.3. The molecule has 6 atom stereocenters. The minimum atomic E-state index is -1.49. The summed E-state index contributed by atoms with van der Waals surface area (Å²) in [7, 11) is 1.41. The van der Waals surface area contributed by atoms with Gasteiger partial charge in [-0.05, 0) is 84.5 Å². The van der Waals surface area contributed by atoms with Crippen molar-refractivity contribution in [1.82, 2.24) is 0 Å². The van der Waals surface area contributed by atoms with Crippen LogP contribution in [0.25, 0.3) is 0 Å². The van der Waals surface area contributed by atoms with Crippen LogP contribution in [0.15, 0.2) is 107 Å². The summed E-state index contributed by atoms with van der Waals surface area (Å²) in [5, 5.41) is 11.1. The first-order valence-corrected chi connectivity index (χ1v) is 17.7. The van der Waals surface area contributed by atoms with Crippen LogP contribution >= 0.6 is 39.1 Å². The van der Waals surface area contributed by atoms with Crippen molar-refractivity contribution < 1.29 is 29.0 Å². The number of carbonyl (C=O) groups is 4. The Morgan fingerprint density at radius 1 is 0.820 bits per heavy atom. The zero-order chi connectivity index (χ0) is 35.1. The molecule has 11 heteroatoms. The van der Waals surface area contributed by atoms with Gasteiger partial charge in [-0.1, -0.05) is 87.2 Å². The number of amides is 4. The molecule has 1 N–H and O–H groups in total.